The molecule has 0 aliphatic heterocycles. The van der Waals surface area contributed by atoms with Gasteiger partial charge in [0.25, 0.3) is 0 Å². The molecule has 0 amide bonds. The molecule has 0 aromatic carbocycles. The molecule has 5 nitrogen and oxygen atoms in total. The second kappa shape index (κ2) is 3.22. The summed E-state index contributed by atoms with van der Waals surface area (Å²) in [6.45, 7) is 0. The maximum atomic E-state index is 3.89. The molecule has 1 N–H and O–H groups in total. The quantitative estimate of drug-likeness (QED) is 0.747. The lowest BCUT2D eigenvalue weighted by Gasteiger charge is -1.97. The minimum atomic E-state index is 0.682. The summed E-state index contributed by atoms with van der Waals surface area (Å²) in [5, 5.41) is 10.9. The summed E-state index contributed by atoms with van der Waals surface area (Å²) in [5.74, 6) is 0. The standard InChI is InChI=1S/C6H5N5S/c1-3-7-4-2-5(1)8-6-9-10-11-12-6/h1-4H,(H,7,8,9,11). The average Bonchev–Trinajstić information content (AvgIpc) is 2.59. The van der Waals surface area contributed by atoms with Gasteiger partial charge >= 0.3 is 0 Å². The molecule has 0 fully saturated rings. The number of nitrogens with one attached hydrogen (secondary N) is 1. The number of nitrogens with zero attached hydrogens (tertiary/aromatic N) is 4. The molecule has 0 aliphatic rings. The van der Waals surface area contributed by atoms with Gasteiger partial charge in [0.1, 0.15) is 0 Å². The van der Waals surface area contributed by atoms with Crippen LogP contribution in [-0.4, -0.2) is 19.8 Å². The van der Waals surface area contributed by atoms with Crippen molar-refractivity contribution < 1.29 is 0 Å². The van der Waals surface area contributed by atoms with Gasteiger partial charge in [-0.3, -0.25) is 4.98 Å². The largest absolute Gasteiger partial charge is 0.329 e. The molecule has 0 aliphatic carbocycles. The first-order valence-electron chi connectivity index (χ1n) is 3.27. The van der Waals surface area contributed by atoms with Crippen LogP contribution in [-0.2, 0) is 0 Å². The first-order valence-corrected chi connectivity index (χ1v) is 4.04. The molecule has 0 spiro atoms. The van der Waals surface area contributed by atoms with E-state index in [0.717, 1.165) is 5.69 Å². The Kier molecular flexibility index (Phi) is 1.91. The normalized spacial score (nSPS) is 9.67. The number of anilines is 2. The van der Waals surface area contributed by atoms with Crippen LogP contribution in [0.2, 0.25) is 0 Å². The Morgan fingerprint density at radius 1 is 1.25 bits per heavy atom. The number of hydrogen-bond donors (Lipinski definition) is 1. The van der Waals surface area contributed by atoms with Crippen LogP contribution in [0.4, 0.5) is 10.8 Å². The second-order valence-electron chi connectivity index (χ2n) is 2.03. The molecular formula is C6H5N5S. The molecule has 0 radical (unpaired) electrons. The molecule has 0 saturated heterocycles. The highest BCUT2D eigenvalue weighted by atomic mass is 32.1. The van der Waals surface area contributed by atoms with Crippen LogP contribution >= 0.6 is 11.5 Å². The Morgan fingerprint density at radius 3 is 2.75 bits per heavy atom. The van der Waals surface area contributed by atoms with E-state index < -0.39 is 0 Å². The van der Waals surface area contributed by atoms with Crippen LogP contribution in [0, 0.1) is 0 Å². The van der Waals surface area contributed by atoms with E-state index in [2.05, 4.69) is 25.1 Å². The monoisotopic (exact) mass is 179 g/mol. The van der Waals surface area contributed by atoms with Gasteiger partial charge in [0.15, 0.2) is 0 Å². The number of aromatic nitrogens is 4. The van der Waals surface area contributed by atoms with Crippen molar-refractivity contribution in [3.63, 3.8) is 0 Å². The van der Waals surface area contributed by atoms with Crippen LogP contribution < -0.4 is 5.32 Å². The zero-order valence-corrected chi connectivity index (χ0v) is 6.82. The highest BCUT2D eigenvalue weighted by molar-refractivity contribution is 7.09. The molecule has 6 heteroatoms. The molecule has 0 bridgehead atoms. The molecule has 0 atom stereocenters. The van der Waals surface area contributed by atoms with Crippen LogP contribution in [0.3, 0.4) is 0 Å². The molecule has 60 valence electrons. The number of rotatable bonds is 2. The Hall–Kier alpha value is -1.56. The van der Waals surface area contributed by atoms with Crippen molar-refractivity contribution in [3.8, 4) is 0 Å². The lowest BCUT2D eigenvalue weighted by atomic mass is 10.4. The predicted octanol–water partition coefficient (Wildman–Crippen LogP) is 1.07. The van der Waals surface area contributed by atoms with E-state index in [1.807, 2.05) is 12.1 Å². The number of hydrogen-bond acceptors (Lipinski definition) is 6. The third-order valence-corrected chi connectivity index (χ3v) is 1.74. The summed E-state index contributed by atoms with van der Waals surface area (Å²) >= 11 is 1.21. The fourth-order valence-corrected chi connectivity index (χ4v) is 1.13. The van der Waals surface area contributed by atoms with E-state index in [-0.39, 0.29) is 0 Å². The van der Waals surface area contributed by atoms with Gasteiger partial charge in [0, 0.05) is 29.6 Å². The van der Waals surface area contributed by atoms with Crippen molar-refractivity contribution in [1.29, 1.82) is 0 Å². The van der Waals surface area contributed by atoms with Crippen molar-refractivity contribution in [2.24, 2.45) is 0 Å². The Bertz CT molecular complexity index is 332. The van der Waals surface area contributed by atoms with Gasteiger partial charge in [-0.2, -0.15) is 0 Å². The van der Waals surface area contributed by atoms with E-state index in [4.69, 9.17) is 0 Å². The summed E-state index contributed by atoms with van der Waals surface area (Å²) in [6.07, 6.45) is 3.41. The zero-order valence-electron chi connectivity index (χ0n) is 6.01. The molecule has 2 rings (SSSR count). The Labute approximate surface area is 72.6 Å². The molecule has 0 unspecified atom stereocenters. The van der Waals surface area contributed by atoms with Gasteiger partial charge in [-0.05, 0) is 17.3 Å². The van der Waals surface area contributed by atoms with Crippen molar-refractivity contribution in [1.82, 2.24) is 19.8 Å². The minimum absolute atomic E-state index is 0.682. The molecule has 2 heterocycles. The first-order chi connectivity index (χ1) is 5.95. The maximum Gasteiger partial charge on any atom is 0.229 e. The van der Waals surface area contributed by atoms with E-state index >= 15 is 0 Å². The van der Waals surface area contributed by atoms with Crippen LogP contribution in [0.5, 0.6) is 0 Å². The highest BCUT2D eigenvalue weighted by Crippen LogP contribution is 2.13. The third kappa shape index (κ3) is 1.54. The fraction of sp³-hybridized carbons (Fsp3) is 0. The topological polar surface area (TPSA) is 63.6 Å². The lowest BCUT2D eigenvalue weighted by Crippen LogP contribution is -1.88. The van der Waals surface area contributed by atoms with Gasteiger partial charge in [0.2, 0.25) is 5.13 Å². The fourth-order valence-electron chi connectivity index (χ4n) is 0.741. The van der Waals surface area contributed by atoms with Gasteiger partial charge in [-0.15, -0.1) is 0 Å². The highest BCUT2D eigenvalue weighted by Gasteiger charge is 1.96. The minimum Gasteiger partial charge on any atom is -0.329 e. The van der Waals surface area contributed by atoms with Crippen LogP contribution in [0.1, 0.15) is 0 Å². The maximum absolute atomic E-state index is 3.89. The van der Waals surface area contributed by atoms with Crippen molar-refractivity contribution in [2.75, 3.05) is 5.32 Å². The smallest absolute Gasteiger partial charge is 0.229 e. The molecule has 2 aromatic rings. The molecular weight excluding hydrogens is 174 g/mol. The summed E-state index contributed by atoms with van der Waals surface area (Å²) in [6, 6.07) is 3.70. The van der Waals surface area contributed by atoms with Gasteiger partial charge in [-0.25, -0.2) is 0 Å². The van der Waals surface area contributed by atoms with E-state index in [1.54, 1.807) is 12.4 Å². The Morgan fingerprint density at radius 2 is 2.08 bits per heavy atom. The zero-order chi connectivity index (χ0) is 8.23. The molecule has 0 saturated carbocycles. The Balaban J connectivity index is 2.15. The van der Waals surface area contributed by atoms with E-state index in [9.17, 15) is 0 Å². The number of pyridine rings is 1. The predicted molar refractivity (Wildman–Crippen MR) is 45.2 cm³/mol. The second-order valence-corrected chi connectivity index (χ2v) is 2.76. The van der Waals surface area contributed by atoms with Crippen molar-refractivity contribution in [3.05, 3.63) is 24.5 Å². The molecule has 2 aromatic heterocycles. The average molecular weight is 179 g/mol. The van der Waals surface area contributed by atoms with Crippen molar-refractivity contribution in [2.45, 2.75) is 0 Å². The lowest BCUT2D eigenvalue weighted by molar-refractivity contribution is 0.961. The van der Waals surface area contributed by atoms with Gasteiger partial charge in [0.05, 0.1) is 0 Å². The van der Waals surface area contributed by atoms with Crippen molar-refractivity contribution >= 4 is 22.4 Å². The third-order valence-electron chi connectivity index (χ3n) is 1.23. The van der Waals surface area contributed by atoms with Gasteiger partial charge < -0.3 is 5.32 Å². The van der Waals surface area contributed by atoms with Crippen LogP contribution in [0.25, 0.3) is 0 Å². The summed E-state index contributed by atoms with van der Waals surface area (Å²) in [4.78, 5) is 3.89. The summed E-state index contributed by atoms with van der Waals surface area (Å²) in [7, 11) is 0. The van der Waals surface area contributed by atoms with Gasteiger partial charge in [-0.1, -0.05) is 9.59 Å². The van der Waals surface area contributed by atoms with Crippen LogP contribution in [0.15, 0.2) is 24.5 Å². The first kappa shape index (κ1) is 7.11. The summed E-state index contributed by atoms with van der Waals surface area (Å²) < 4.78 is 3.62. The SMILES string of the molecule is c1cc(Nc2nnns2)ccn1. The summed E-state index contributed by atoms with van der Waals surface area (Å²) in [5.41, 5.74) is 0.934. The van der Waals surface area contributed by atoms with E-state index in [0.29, 0.717) is 5.13 Å². The van der Waals surface area contributed by atoms with E-state index in [1.165, 1.54) is 11.5 Å². The molecule has 12 heavy (non-hydrogen) atoms.